The van der Waals surface area contributed by atoms with E-state index in [-0.39, 0.29) is 36.5 Å². The van der Waals surface area contributed by atoms with E-state index in [0.29, 0.717) is 50.8 Å². The number of fused-ring (bicyclic) bond motifs is 4. The van der Waals surface area contributed by atoms with Gasteiger partial charge in [0.05, 0.1) is 47.8 Å². The molecule has 0 unspecified atom stereocenters. The minimum Gasteiger partial charge on any atom is -0.465 e. The van der Waals surface area contributed by atoms with E-state index in [2.05, 4.69) is 38.1 Å². The zero-order valence-corrected chi connectivity index (χ0v) is 28.9. The van der Waals surface area contributed by atoms with Crippen molar-refractivity contribution in [1.29, 1.82) is 0 Å². The fraction of sp³-hybridized carbons (Fsp3) is 0.303. The third kappa shape index (κ3) is 6.86. The Kier molecular flexibility index (Phi) is 9.55. The Morgan fingerprint density at radius 1 is 1.09 bits per heavy atom. The molecule has 0 spiro atoms. The minimum absolute atomic E-state index is 0.0229. The zero-order valence-electron chi connectivity index (χ0n) is 26.0. The van der Waals surface area contributed by atoms with Crippen LogP contribution in [0.25, 0.3) is 33.6 Å². The predicted molar refractivity (Wildman–Crippen MR) is 186 cm³/mol. The number of hydrogen-bond donors (Lipinski definition) is 1. The molecule has 1 aromatic carbocycles. The average Bonchev–Trinajstić information content (AvgIpc) is 3.65. The van der Waals surface area contributed by atoms with Crippen LogP contribution in [0.15, 0.2) is 66.0 Å². The van der Waals surface area contributed by atoms with Gasteiger partial charge in [0.25, 0.3) is 5.56 Å². The van der Waals surface area contributed by atoms with Crippen LogP contribution in [-0.4, -0.2) is 52.6 Å². The van der Waals surface area contributed by atoms with Crippen LogP contribution in [0, 0.1) is 9.75 Å². The van der Waals surface area contributed by atoms with Crippen molar-refractivity contribution in [3.05, 3.63) is 86.1 Å². The van der Waals surface area contributed by atoms with E-state index in [9.17, 15) is 14.4 Å². The van der Waals surface area contributed by atoms with Gasteiger partial charge in [0, 0.05) is 75.7 Å². The molecule has 242 valence electrons. The Labute approximate surface area is 289 Å². The quantitative estimate of drug-likeness (QED) is 0.131. The molecule has 47 heavy (non-hydrogen) atoms. The van der Waals surface area contributed by atoms with Crippen molar-refractivity contribution in [2.24, 2.45) is 13.0 Å². The van der Waals surface area contributed by atoms with Crippen LogP contribution in [0.4, 0.5) is 5.69 Å². The van der Waals surface area contributed by atoms with Gasteiger partial charge in [-0.1, -0.05) is 31.0 Å². The summed E-state index contributed by atoms with van der Waals surface area (Å²) >= 11 is 8.54. The molecule has 0 radical (unpaired) electrons. The molecule has 1 aliphatic heterocycles. The number of esters is 1. The molecule has 2 bridgehead atoms. The Hall–Kier alpha value is -4.37. The molecular formula is C33H32ClIN8O4. The van der Waals surface area contributed by atoms with Crippen LogP contribution in [0.5, 0.6) is 0 Å². The van der Waals surface area contributed by atoms with Gasteiger partial charge in [-0.15, -0.1) is 0 Å². The first-order valence-electron chi connectivity index (χ1n) is 15.2. The highest BCUT2D eigenvalue weighted by molar-refractivity contribution is 14.1. The van der Waals surface area contributed by atoms with Gasteiger partial charge in [-0.05, 0) is 49.6 Å². The maximum Gasteiger partial charge on any atom is 0.327 e. The summed E-state index contributed by atoms with van der Waals surface area (Å²) in [5.74, 6) is -0.704. The van der Waals surface area contributed by atoms with Gasteiger partial charge >= 0.3 is 5.97 Å². The van der Waals surface area contributed by atoms with Crippen molar-refractivity contribution >= 4 is 51.8 Å². The van der Waals surface area contributed by atoms with Crippen LogP contribution in [-0.2, 0) is 27.9 Å². The van der Waals surface area contributed by atoms with Crippen molar-refractivity contribution in [3.8, 4) is 33.6 Å². The number of nitrogens with zero attached hydrogens (tertiary/aromatic N) is 7. The Morgan fingerprint density at radius 2 is 1.91 bits per heavy atom. The molecule has 1 amide bonds. The lowest BCUT2D eigenvalue weighted by Crippen LogP contribution is -2.30. The number of amides is 1. The Bertz CT molecular complexity index is 2040. The van der Waals surface area contributed by atoms with Crippen LogP contribution in [0.1, 0.15) is 44.8 Å². The first-order chi connectivity index (χ1) is 22.6. The SMILES string of the molecule is CCOC(=O)Cn1cc(-c2ccc(Cl)cc2-c2cc(=O)n([C@H]3CCC[C@@H](C)C(=O)Nc4cnn(C)c4-c4ccnc3c4)c(I)n2)cn1. The fourth-order valence-corrected chi connectivity index (χ4v) is 6.86. The second kappa shape index (κ2) is 13.8. The average molecular weight is 767 g/mol. The number of carbonyl (C=O) groups excluding carboxylic acids is 2. The molecule has 4 aromatic heterocycles. The minimum atomic E-state index is -0.429. The van der Waals surface area contributed by atoms with Crippen molar-refractivity contribution in [2.45, 2.75) is 45.7 Å². The van der Waals surface area contributed by atoms with Gasteiger partial charge in [0.2, 0.25) is 5.91 Å². The van der Waals surface area contributed by atoms with Crippen molar-refractivity contribution < 1.29 is 14.3 Å². The third-order valence-corrected chi connectivity index (χ3v) is 9.17. The van der Waals surface area contributed by atoms with Gasteiger partial charge in [-0.2, -0.15) is 10.2 Å². The third-order valence-electron chi connectivity index (χ3n) is 8.17. The van der Waals surface area contributed by atoms with Crippen LogP contribution in [0.3, 0.4) is 0 Å². The molecule has 1 N–H and O–H groups in total. The van der Waals surface area contributed by atoms with Gasteiger partial charge < -0.3 is 10.1 Å². The van der Waals surface area contributed by atoms with Gasteiger partial charge in [0.1, 0.15) is 6.54 Å². The van der Waals surface area contributed by atoms with E-state index in [1.54, 1.807) is 53.1 Å². The summed E-state index contributed by atoms with van der Waals surface area (Å²) in [5.41, 5.74) is 5.25. The van der Waals surface area contributed by atoms with Crippen LogP contribution < -0.4 is 10.9 Å². The second-order valence-corrected chi connectivity index (χ2v) is 12.8. The van der Waals surface area contributed by atoms with E-state index < -0.39 is 6.04 Å². The van der Waals surface area contributed by atoms with Gasteiger partial charge in [-0.3, -0.25) is 33.3 Å². The maximum atomic E-state index is 14.1. The number of benzene rings is 1. The molecule has 14 heteroatoms. The summed E-state index contributed by atoms with van der Waals surface area (Å²) in [6, 6.07) is 10.3. The van der Waals surface area contributed by atoms with E-state index in [4.69, 9.17) is 26.3 Å². The molecule has 1 aliphatic rings. The summed E-state index contributed by atoms with van der Waals surface area (Å²) in [7, 11) is 1.82. The topological polar surface area (TPSA) is 139 Å². The molecule has 0 aliphatic carbocycles. The number of anilines is 1. The lowest BCUT2D eigenvalue weighted by atomic mass is 9.96. The number of hydrogen-bond acceptors (Lipinski definition) is 8. The smallest absolute Gasteiger partial charge is 0.327 e. The second-order valence-electron chi connectivity index (χ2n) is 11.4. The summed E-state index contributed by atoms with van der Waals surface area (Å²) in [6.45, 7) is 3.92. The van der Waals surface area contributed by atoms with Gasteiger partial charge in [0.15, 0.2) is 3.83 Å². The van der Waals surface area contributed by atoms with Gasteiger partial charge in [-0.25, -0.2) is 4.98 Å². The normalized spacial score (nSPS) is 16.5. The highest BCUT2D eigenvalue weighted by Gasteiger charge is 2.26. The monoisotopic (exact) mass is 766 g/mol. The summed E-state index contributed by atoms with van der Waals surface area (Å²) < 4.78 is 10.4. The molecule has 0 fully saturated rings. The van der Waals surface area contributed by atoms with Crippen molar-refractivity contribution in [2.75, 3.05) is 11.9 Å². The number of ether oxygens (including phenoxy) is 1. The Balaban J connectivity index is 1.41. The number of halogens is 2. The molecule has 12 nitrogen and oxygen atoms in total. The summed E-state index contributed by atoms with van der Waals surface area (Å²) in [6.07, 6.45) is 8.64. The van der Waals surface area contributed by atoms with Crippen LogP contribution >= 0.6 is 34.2 Å². The first kappa shape index (κ1) is 32.6. The predicted octanol–water partition coefficient (Wildman–Crippen LogP) is 5.74. The number of rotatable bonds is 6. The number of aryl methyl sites for hydroxylation is 1. The largest absolute Gasteiger partial charge is 0.465 e. The number of carbonyl (C=O) groups is 2. The maximum absolute atomic E-state index is 14.1. The zero-order chi connectivity index (χ0) is 33.2. The van der Waals surface area contributed by atoms with E-state index in [1.165, 1.54) is 10.7 Å². The molecule has 0 saturated heterocycles. The molecule has 5 aromatic rings. The fourth-order valence-electron chi connectivity index (χ4n) is 5.85. The summed E-state index contributed by atoms with van der Waals surface area (Å²) in [4.78, 5) is 48.7. The van der Waals surface area contributed by atoms with Crippen LogP contribution in [0.2, 0.25) is 5.02 Å². The highest BCUT2D eigenvalue weighted by Crippen LogP contribution is 2.35. The lowest BCUT2D eigenvalue weighted by molar-refractivity contribution is -0.144. The first-order valence-corrected chi connectivity index (χ1v) is 16.6. The van der Waals surface area contributed by atoms with Crippen molar-refractivity contribution in [3.63, 3.8) is 0 Å². The van der Waals surface area contributed by atoms with E-state index in [1.807, 2.05) is 32.2 Å². The van der Waals surface area contributed by atoms with Crippen molar-refractivity contribution in [1.82, 2.24) is 34.1 Å². The highest BCUT2D eigenvalue weighted by atomic mass is 127. The lowest BCUT2D eigenvalue weighted by Gasteiger charge is -2.23. The molecule has 6 rings (SSSR count). The standard InChI is InChI=1S/C33H32ClIN8O4/c1-4-47-30(45)18-42-17-21(15-38-42)23-9-8-22(34)13-24(23)25-14-29(44)43(33(35)40-25)28-7-5-6-19(2)32(46)39-27-16-37-41(3)31(27)20-10-11-36-26(28)12-20/h8-17,19,28H,4-7,18H2,1-3H3,(H,39,46)/t19-,28+/m1/s1. The molecule has 0 saturated carbocycles. The number of nitrogens with one attached hydrogen (secondary N) is 1. The molecular weight excluding hydrogens is 735 g/mol. The number of pyridine rings is 1. The van der Waals surface area contributed by atoms with E-state index >= 15 is 0 Å². The number of aromatic nitrogens is 7. The summed E-state index contributed by atoms with van der Waals surface area (Å²) in [5, 5.41) is 12.2. The Morgan fingerprint density at radius 3 is 2.70 bits per heavy atom. The molecule has 2 atom stereocenters. The van der Waals surface area contributed by atoms with E-state index in [0.717, 1.165) is 22.4 Å². The molecule has 5 heterocycles.